The number of nitrogens with zero attached hydrogens (tertiary/aromatic N) is 2. The fourth-order valence-electron chi connectivity index (χ4n) is 2.45. The lowest BCUT2D eigenvalue weighted by Crippen LogP contribution is -2.35. The van der Waals surface area contributed by atoms with Crippen LogP contribution in [0.25, 0.3) is 0 Å². The number of benzene rings is 1. The number of para-hydroxylation sites is 1. The van der Waals surface area contributed by atoms with Gasteiger partial charge in [0.05, 0.1) is 11.0 Å². The Hall–Kier alpha value is -2.22. The van der Waals surface area contributed by atoms with Gasteiger partial charge in [-0.3, -0.25) is 4.98 Å². The zero-order valence-electron chi connectivity index (χ0n) is 12.5. The fourth-order valence-corrected chi connectivity index (χ4v) is 2.79. The van der Waals surface area contributed by atoms with Crippen molar-refractivity contribution in [2.24, 2.45) is 0 Å². The summed E-state index contributed by atoms with van der Waals surface area (Å²) in [7, 11) is 0. The molecule has 2 amide bonds. The van der Waals surface area contributed by atoms with Crippen molar-refractivity contribution in [2.45, 2.75) is 12.5 Å². The third kappa shape index (κ3) is 3.64. The molecule has 1 aliphatic rings. The number of rotatable bonds is 3. The lowest BCUT2D eigenvalue weighted by Gasteiger charge is -2.18. The molecule has 2 heterocycles. The highest BCUT2D eigenvalue weighted by Gasteiger charge is 2.29. The van der Waals surface area contributed by atoms with Crippen molar-refractivity contribution in [3.05, 3.63) is 52.8 Å². The van der Waals surface area contributed by atoms with Crippen molar-refractivity contribution in [3.8, 4) is 5.75 Å². The van der Waals surface area contributed by atoms with E-state index in [-0.39, 0.29) is 6.10 Å². The Labute approximate surface area is 145 Å². The second kappa shape index (κ2) is 7.12. The number of nitrogens with one attached hydrogen (secondary N) is 1. The predicted molar refractivity (Wildman–Crippen MR) is 87.9 cm³/mol. The molecule has 0 radical (unpaired) electrons. The maximum absolute atomic E-state index is 13.6. The molecule has 1 N–H and O–H groups in total. The van der Waals surface area contributed by atoms with Crippen LogP contribution in [0.2, 0.25) is 0 Å². The molecule has 8 heteroatoms. The van der Waals surface area contributed by atoms with Crippen LogP contribution >= 0.6 is 15.9 Å². The summed E-state index contributed by atoms with van der Waals surface area (Å²) in [6, 6.07) is 4.60. The van der Waals surface area contributed by atoms with Crippen molar-refractivity contribution in [3.63, 3.8) is 0 Å². The van der Waals surface area contributed by atoms with Crippen molar-refractivity contribution < 1.29 is 18.3 Å². The van der Waals surface area contributed by atoms with Gasteiger partial charge in [-0.25, -0.2) is 13.6 Å². The highest BCUT2D eigenvalue weighted by molar-refractivity contribution is 9.10. The molecule has 1 unspecified atom stereocenters. The number of ether oxygens (including phenoxy) is 1. The van der Waals surface area contributed by atoms with Gasteiger partial charge in [0.1, 0.15) is 29.2 Å². The summed E-state index contributed by atoms with van der Waals surface area (Å²) in [5.74, 6) is -0.982. The number of hydrogen-bond donors (Lipinski definition) is 1. The lowest BCUT2D eigenvalue weighted by molar-refractivity contribution is 0.194. The topological polar surface area (TPSA) is 54.5 Å². The van der Waals surface area contributed by atoms with E-state index in [0.717, 1.165) is 16.6 Å². The smallest absolute Gasteiger partial charge is 0.322 e. The zero-order chi connectivity index (χ0) is 17.1. The van der Waals surface area contributed by atoms with Gasteiger partial charge < -0.3 is 15.0 Å². The van der Waals surface area contributed by atoms with Gasteiger partial charge in [0.25, 0.3) is 0 Å². The monoisotopic (exact) mass is 397 g/mol. The van der Waals surface area contributed by atoms with Gasteiger partial charge in [0.15, 0.2) is 0 Å². The minimum Gasteiger partial charge on any atom is -0.487 e. The number of urea groups is 1. The van der Waals surface area contributed by atoms with Gasteiger partial charge in [-0.05, 0) is 34.1 Å². The number of aromatic nitrogens is 1. The van der Waals surface area contributed by atoms with E-state index in [1.807, 2.05) is 0 Å². The summed E-state index contributed by atoms with van der Waals surface area (Å²) in [5, 5.41) is 2.28. The maximum atomic E-state index is 13.6. The molecule has 3 rings (SSSR count). The van der Waals surface area contributed by atoms with E-state index in [1.54, 1.807) is 18.5 Å². The minimum absolute atomic E-state index is 0.195. The standard InChI is InChI=1S/C16H14BrF2N3O2/c17-11-8-20-6-4-14(11)24-10-5-7-22(9-10)16(23)21-15-12(18)2-1-3-13(15)19/h1-4,6,8,10H,5,7,9H2,(H,21,23). The average molecular weight is 398 g/mol. The van der Waals surface area contributed by atoms with Gasteiger partial charge in [0.2, 0.25) is 0 Å². The van der Waals surface area contributed by atoms with Crippen LogP contribution in [-0.2, 0) is 0 Å². The van der Waals surface area contributed by atoms with Crippen molar-refractivity contribution in [1.82, 2.24) is 9.88 Å². The molecule has 0 spiro atoms. The summed E-state index contributed by atoms with van der Waals surface area (Å²) in [6.45, 7) is 0.770. The maximum Gasteiger partial charge on any atom is 0.322 e. The Morgan fingerprint density at radius 1 is 1.33 bits per heavy atom. The van der Waals surface area contributed by atoms with Gasteiger partial charge in [-0.15, -0.1) is 0 Å². The molecule has 1 aromatic heterocycles. The number of carbonyl (C=O) groups is 1. The first-order valence-corrected chi connectivity index (χ1v) is 8.10. The first kappa shape index (κ1) is 16.6. The summed E-state index contributed by atoms with van der Waals surface area (Å²) in [4.78, 5) is 17.6. The second-order valence-corrected chi connectivity index (χ2v) is 6.16. The van der Waals surface area contributed by atoms with Crippen LogP contribution in [-0.4, -0.2) is 35.1 Å². The molecule has 5 nitrogen and oxygen atoms in total. The molecule has 1 aliphatic heterocycles. The molecule has 2 aromatic rings. The SMILES string of the molecule is O=C(Nc1c(F)cccc1F)N1CCC(Oc2ccncc2Br)C1. The molecule has 1 atom stereocenters. The van der Waals surface area contributed by atoms with Crippen LogP contribution in [0.1, 0.15) is 6.42 Å². The molecule has 126 valence electrons. The zero-order valence-corrected chi connectivity index (χ0v) is 14.1. The molecule has 24 heavy (non-hydrogen) atoms. The number of anilines is 1. The molecule has 1 saturated heterocycles. The normalized spacial score (nSPS) is 17.0. The fraction of sp³-hybridized carbons (Fsp3) is 0.250. The van der Waals surface area contributed by atoms with Crippen LogP contribution in [0.15, 0.2) is 41.1 Å². The third-order valence-corrected chi connectivity index (χ3v) is 4.25. The van der Waals surface area contributed by atoms with Crippen molar-refractivity contribution in [1.29, 1.82) is 0 Å². The van der Waals surface area contributed by atoms with E-state index in [4.69, 9.17) is 4.74 Å². The number of likely N-dealkylation sites (tertiary alicyclic amines) is 1. The molecular formula is C16H14BrF2N3O2. The Morgan fingerprint density at radius 2 is 2.08 bits per heavy atom. The summed E-state index contributed by atoms with van der Waals surface area (Å²) < 4.78 is 33.7. The lowest BCUT2D eigenvalue weighted by atomic mass is 10.3. The number of amides is 2. The van der Waals surface area contributed by atoms with Crippen LogP contribution in [0.5, 0.6) is 5.75 Å². The second-order valence-electron chi connectivity index (χ2n) is 5.31. The van der Waals surface area contributed by atoms with E-state index in [9.17, 15) is 13.6 Å². The van der Waals surface area contributed by atoms with E-state index in [1.165, 1.54) is 11.0 Å². The quantitative estimate of drug-likeness (QED) is 0.856. The van der Waals surface area contributed by atoms with E-state index in [2.05, 4.69) is 26.2 Å². The third-order valence-electron chi connectivity index (χ3n) is 3.66. The van der Waals surface area contributed by atoms with Crippen molar-refractivity contribution >= 4 is 27.6 Å². The molecule has 0 saturated carbocycles. The average Bonchev–Trinajstić information content (AvgIpc) is 3.02. The molecular weight excluding hydrogens is 384 g/mol. The Bertz CT molecular complexity index is 740. The summed E-state index contributed by atoms with van der Waals surface area (Å²) in [6.07, 6.45) is 3.66. The molecule has 0 aliphatic carbocycles. The number of pyridine rings is 1. The van der Waals surface area contributed by atoms with E-state index < -0.39 is 23.4 Å². The first-order valence-electron chi connectivity index (χ1n) is 7.30. The summed E-state index contributed by atoms with van der Waals surface area (Å²) >= 11 is 3.34. The number of hydrogen-bond acceptors (Lipinski definition) is 3. The summed E-state index contributed by atoms with van der Waals surface area (Å²) in [5.41, 5.74) is -0.441. The minimum atomic E-state index is -0.809. The van der Waals surface area contributed by atoms with Gasteiger partial charge in [-0.1, -0.05) is 6.07 Å². The van der Waals surface area contributed by atoms with E-state index in [0.29, 0.717) is 25.3 Å². The van der Waals surface area contributed by atoms with Crippen LogP contribution in [0.4, 0.5) is 19.3 Å². The number of carbonyl (C=O) groups excluding carboxylic acids is 1. The predicted octanol–water partition coefficient (Wildman–Crippen LogP) is 3.81. The molecule has 1 aromatic carbocycles. The van der Waals surface area contributed by atoms with Crippen molar-refractivity contribution in [2.75, 3.05) is 18.4 Å². The molecule has 0 bridgehead atoms. The van der Waals surface area contributed by atoms with Gasteiger partial charge in [-0.2, -0.15) is 0 Å². The first-order chi connectivity index (χ1) is 11.5. The van der Waals surface area contributed by atoms with Gasteiger partial charge in [0, 0.05) is 25.4 Å². The Morgan fingerprint density at radius 3 is 2.79 bits per heavy atom. The van der Waals surface area contributed by atoms with E-state index >= 15 is 0 Å². The van der Waals surface area contributed by atoms with Crippen LogP contribution < -0.4 is 10.1 Å². The molecule has 1 fully saturated rings. The Balaban J connectivity index is 1.61. The largest absolute Gasteiger partial charge is 0.487 e. The van der Waals surface area contributed by atoms with Gasteiger partial charge >= 0.3 is 6.03 Å². The number of halogens is 3. The van der Waals surface area contributed by atoms with Crippen LogP contribution in [0.3, 0.4) is 0 Å². The van der Waals surface area contributed by atoms with Crippen LogP contribution in [0, 0.1) is 11.6 Å². The highest BCUT2D eigenvalue weighted by atomic mass is 79.9. The highest BCUT2D eigenvalue weighted by Crippen LogP contribution is 2.26. The Kier molecular flexibility index (Phi) is 4.94.